The van der Waals surface area contributed by atoms with Crippen LogP contribution in [-0.4, -0.2) is 13.3 Å². The van der Waals surface area contributed by atoms with Gasteiger partial charge in [0.2, 0.25) is 0 Å². The zero-order chi connectivity index (χ0) is 15.3. The fourth-order valence-electron chi connectivity index (χ4n) is 3.53. The van der Waals surface area contributed by atoms with Crippen molar-refractivity contribution < 1.29 is 17.9 Å². The summed E-state index contributed by atoms with van der Waals surface area (Å²) in [5, 5.41) is 0. The van der Waals surface area contributed by atoms with Gasteiger partial charge in [0.25, 0.3) is 0 Å². The minimum Gasteiger partial charge on any atom is -0.490 e. The highest BCUT2D eigenvalue weighted by Gasteiger charge is 2.37. The van der Waals surface area contributed by atoms with E-state index in [1.807, 2.05) is 0 Å². The molecule has 0 radical (unpaired) electrons. The van der Waals surface area contributed by atoms with Gasteiger partial charge in [-0.2, -0.15) is 0 Å². The first-order chi connectivity index (χ1) is 10.1. The smallest absolute Gasteiger partial charge is 0.168 e. The van der Waals surface area contributed by atoms with E-state index in [0.29, 0.717) is 25.0 Å². The molecular formula is C17H23F3O. The Balaban J connectivity index is 2.47. The molecule has 0 atom stereocenters. The van der Waals surface area contributed by atoms with E-state index < -0.39 is 18.3 Å². The molecule has 0 bridgehead atoms. The van der Waals surface area contributed by atoms with Crippen LogP contribution in [0, 0.1) is 11.6 Å². The lowest BCUT2D eigenvalue weighted by molar-refractivity contribution is 0.238. The predicted molar refractivity (Wildman–Crippen MR) is 77.5 cm³/mol. The average molecular weight is 300 g/mol. The van der Waals surface area contributed by atoms with E-state index in [4.69, 9.17) is 4.74 Å². The molecule has 0 N–H and O–H groups in total. The average Bonchev–Trinajstić information content (AvgIpc) is 2.48. The monoisotopic (exact) mass is 300 g/mol. The van der Waals surface area contributed by atoms with Crippen molar-refractivity contribution in [3.8, 4) is 5.75 Å². The summed E-state index contributed by atoms with van der Waals surface area (Å²) in [6.07, 6.45) is 5.87. The van der Waals surface area contributed by atoms with Crippen LogP contribution in [0.3, 0.4) is 0 Å². The molecule has 0 amide bonds. The van der Waals surface area contributed by atoms with Crippen molar-refractivity contribution in [1.82, 2.24) is 0 Å². The lowest BCUT2D eigenvalue weighted by Crippen LogP contribution is -2.30. The largest absolute Gasteiger partial charge is 0.490 e. The van der Waals surface area contributed by atoms with Crippen molar-refractivity contribution in [1.29, 1.82) is 0 Å². The molecule has 0 aromatic heterocycles. The first-order valence-electron chi connectivity index (χ1n) is 7.81. The molecule has 0 spiro atoms. The maximum Gasteiger partial charge on any atom is 0.168 e. The number of rotatable bonds is 6. The molecule has 1 aliphatic rings. The van der Waals surface area contributed by atoms with E-state index in [9.17, 15) is 13.2 Å². The van der Waals surface area contributed by atoms with Crippen LogP contribution in [0.5, 0.6) is 5.75 Å². The van der Waals surface area contributed by atoms with Gasteiger partial charge < -0.3 is 4.74 Å². The van der Waals surface area contributed by atoms with Gasteiger partial charge in [-0.3, -0.25) is 4.39 Å². The molecule has 1 nitrogen and oxygen atoms in total. The van der Waals surface area contributed by atoms with Gasteiger partial charge in [0, 0.05) is 11.6 Å². The Labute approximate surface area is 124 Å². The Morgan fingerprint density at radius 2 is 1.86 bits per heavy atom. The molecular weight excluding hydrogens is 277 g/mol. The highest BCUT2D eigenvalue weighted by molar-refractivity contribution is 5.42. The normalized spacial score (nSPS) is 17.7. The minimum absolute atomic E-state index is 0.152. The molecule has 1 aromatic carbocycles. The maximum absolute atomic E-state index is 14.1. The molecule has 0 unspecified atom stereocenters. The van der Waals surface area contributed by atoms with Gasteiger partial charge in [-0.1, -0.05) is 19.3 Å². The third-order valence-corrected chi connectivity index (χ3v) is 4.47. The molecule has 0 saturated heterocycles. The summed E-state index contributed by atoms with van der Waals surface area (Å²) in [6, 6.07) is 2.25. The number of hydrogen-bond acceptors (Lipinski definition) is 1. The number of alkyl halides is 1. The first-order valence-corrected chi connectivity index (χ1v) is 7.81. The van der Waals surface area contributed by atoms with E-state index in [-0.39, 0.29) is 11.2 Å². The maximum atomic E-state index is 14.1. The lowest BCUT2D eigenvalue weighted by Gasteiger charge is -2.39. The van der Waals surface area contributed by atoms with Gasteiger partial charge in [0.15, 0.2) is 11.6 Å². The second-order valence-corrected chi connectivity index (χ2v) is 5.83. The highest BCUT2D eigenvalue weighted by Crippen LogP contribution is 2.47. The van der Waals surface area contributed by atoms with Gasteiger partial charge in [0.1, 0.15) is 5.82 Å². The summed E-state index contributed by atoms with van der Waals surface area (Å²) in [5.41, 5.74) is 0.243. The molecule has 118 valence electrons. The third kappa shape index (κ3) is 3.53. The van der Waals surface area contributed by atoms with Crippen LogP contribution < -0.4 is 4.74 Å². The molecule has 0 aliphatic heterocycles. The van der Waals surface area contributed by atoms with Gasteiger partial charge in [-0.05, 0) is 44.1 Å². The van der Waals surface area contributed by atoms with Crippen molar-refractivity contribution in [3.05, 3.63) is 29.3 Å². The number of halogens is 3. The zero-order valence-corrected chi connectivity index (χ0v) is 12.6. The quantitative estimate of drug-likeness (QED) is 0.691. The molecule has 21 heavy (non-hydrogen) atoms. The van der Waals surface area contributed by atoms with Crippen LogP contribution >= 0.6 is 0 Å². The van der Waals surface area contributed by atoms with Crippen LogP contribution in [0.25, 0.3) is 0 Å². The molecule has 1 saturated carbocycles. The lowest BCUT2D eigenvalue weighted by atomic mass is 9.66. The second kappa shape index (κ2) is 7.19. The molecule has 4 heteroatoms. The van der Waals surface area contributed by atoms with E-state index in [0.717, 1.165) is 38.2 Å². The molecule has 1 aliphatic carbocycles. The van der Waals surface area contributed by atoms with Crippen molar-refractivity contribution in [2.45, 2.75) is 57.3 Å². The van der Waals surface area contributed by atoms with E-state index in [1.54, 1.807) is 6.92 Å². The topological polar surface area (TPSA) is 9.23 Å². The van der Waals surface area contributed by atoms with Crippen molar-refractivity contribution in [2.24, 2.45) is 0 Å². The minimum atomic E-state index is -0.656. The zero-order valence-electron chi connectivity index (χ0n) is 12.6. The van der Waals surface area contributed by atoms with Crippen LogP contribution in [0.4, 0.5) is 13.2 Å². The molecule has 1 fully saturated rings. The fraction of sp³-hybridized carbons (Fsp3) is 0.647. The van der Waals surface area contributed by atoms with Crippen molar-refractivity contribution in [2.75, 3.05) is 13.3 Å². The number of ether oxygens (including phenoxy) is 1. The summed E-state index contributed by atoms with van der Waals surface area (Å²) in [6.45, 7) is 1.71. The fourth-order valence-corrected chi connectivity index (χ4v) is 3.53. The number of hydrogen-bond donors (Lipinski definition) is 0. The SMILES string of the molecule is CCOc1c(F)cc(F)cc1C1(CCCF)CCCCC1. The van der Waals surface area contributed by atoms with E-state index >= 15 is 0 Å². The van der Waals surface area contributed by atoms with Gasteiger partial charge in [0.05, 0.1) is 13.3 Å². The predicted octanol–water partition coefficient (Wildman–Crippen LogP) is 5.32. The number of benzene rings is 1. The first kappa shape index (κ1) is 16.2. The Hall–Kier alpha value is -1.19. The van der Waals surface area contributed by atoms with E-state index in [1.165, 1.54) is 6.07 Å². The summed E-state index contributed by atoms with van der Waals surface area (Å²) in [5.74, 6) is -1.09. The summed E-state index contributed by atoms with van der Waals surface area (Å²) < 4.78 is 45.9. The van der Waals surface area contributed by atoms with Gasteiger partial charge >= 0.3 is 0 Å². The third-order valence-electron chi connectivity index (χ3n) is 4.47. The van der Waals surface area contributed by atoms with Crippen LogP contribution in [0.15, 0.2) is 12.1 Å². The summed E-state index contributed by atoms with van der Waals surface area (Å²) in [7, 11) is 0. The molecule has 0 heterocycles. The van der Waals surface area contributed by atoms with Crippen LogP contribution in [0.1, 0.15) is 57.4 Å². The standard InChI is InChI=1S/C17H23F3O/c1-2-21-16-14(11-13(19)12-15(16)20)17(9-6-10-18)7-4-3-5-8-17/h11-12H,2-10H2,1H3. The van der Waals surface area contributed by atoms with Gasteiger partial charge in [-0.25, -0.2) is 8.78 Å². The highest BCUT2D eigenvalue weighted by atomic mass is 19.1. The van der Waals surface area contributed by atoms with Crippen LogP contribution in [-0.2, 0) is 5.41 Å². The molecule has 1 aromatic rings. The Morgan fingerprint density at radius 3 is 2.48 bits per heavy atom. The summed E-state index contributed by atoms with van der Waals surface area (Å²) >= 11 is 0. The van der Waals surface area contributed by atoms with E-state index in [2.05, 4.69) is 0 Å². The Kier molecular flexibility index (Phi) is 5.54. The second-order valence-electron chi connectivity index (χ2n) is 5.83. The van der Waals surface area contributed by atoms with Crippen molar-refractivity contribution >= 4 is 0 Å². The molecule has 2 rings (SSSR count). The van der Waals surface area contributed by atoms with Gasteiger partial charge in [-0.15, -0.1) is 0 Å². The Bertz CT molecular complexity index is 467. The Morgan fingerprint density at radius 1 is 1.14 bits per heavy atom. The van der Waals surface area contributed by atoms with Crippen LogP contribution in [0.2, 0.25) is 0 Å². The summed E-state index contributed by atoms with van der Waals surface area (Å²) in [4.78, 5) is 0. The van der Waals surface area contributed by atoms with Crippen molar-refractivity contribution in [3.63, 3.8) is 0 Å².